The van der Waals surface area contributed by atoms with Gasteiger partial charge < -0.3 is 0 Å². The summed E-state index contributed by atoms with van der Waals surface area (Å²) in [5, 5.41) is 0. The van der Waals surface area contributed by atoms with E-state index >= 15 is 0 Å². The van der Waals surface area contributed by atoms with Crippen LogP contribution < -0.4 is 0 Å². The van der Waals surface area contributed by atoms with Crippen molar-refractivity contribution in [3.8, 4) is 0 Å². The highest BCUT2D eigenvalue weighted by Crippen LogP contribution is 2.05. The molecule has 0 atom stereocenters. The number of hydrogen-bond donors (Lipinski definition) is 0. The van der Waals surface area contributed by atoms with Crippen LogP contribution in [0, 0.1) is 6.92 Å². The van der Waals surface area contributed by atoms with Gasteiger partial charge in [0, 0.05) is 18.0 Å². The van der Waals surface area contributed by atoms with E-state index in [2.05, 4.69) is 0 Å². The second-order valence-electron chi connectivity index (χ2n) is 3.27. The molecular weight excluding hydrogens is 174 g/mol. The number of rotatable bonds is 1. The maximum atomic E-state index is 11.8. The van der Waals surface area contributed by atoms with Crippen molar-refractivity contribution in [3.05, 3.63) is 59.9 Å². The van der Waals surface area contributed by atoms with Crippen molar-refractivity contribution in [2.24, 2.45) is 0 Å². The van der Waals surface area contributed by atoms with Gasteiger partial charge in [0.15, 0.2) is 0 Å². The van der Waals surface area contributed by atoms with E-state index in [1.165, 1.54) is 0 Å². The van der Waals surface area contributed by atoms with Gasteiger partial charge in [-0.1, -0.05) is 18.2 Å². The molecule has 0 saturated carbocycles. The topological polar surface area (TPSA) is 22.0 Å². The summed E-state index contributed by atoms with van der Waals surface area (Å²) in [7, 11) is 0. The van der Waals surface area contributed by atoms with Gasteiger partial charge in [0.05, 0.1) is 0 Å². The number of aryl methyl sites for hydroxylation is 1. The molecule has 1 aromatic heterocycles. The summed E-state index contributed by atoms with van der Waals surface area (Å²) < 4.78 is 1.60. The molecular formula is C12H11NO. The summed E-state index contributed by atoms with van der Waals surface area (Å²) in [5.74, 6) is 0.0127. The Morgan fingerprint density at radius 3 is 2.43 bits per heavy atom. The van der Waals surface area contributed by atoms with E-state index in [1.807, 2.05) is 49.5 Å². The van der Waals surface area contributed by atoms with Crippen LogP contribution in [0.5, 0.6) is 0 Å². The zero-order valence-corrected chi connectivity index (χ0v) is 7.97. The molecule has 2 nitrogen and oxygen atoms in total. The largest absolute Gasteiger partial charge is 0.290 e. The molecule has 1 aromatic carbocycles. The van der Waals surface area contributed by atoms with Crippen molar-refractivity contribution in [2.45, 2.75) is 6.92 Å². The summed E-state index contributed by atoms with van der Waals surface area (Å²) in [6, 6.07) is 11.2. The average Bonchev–Trinajstić information content (AvgIpc) is 2.65. The van der Waals surface area contributed by atoms with Gasteiger partial charge in [-0.05, 0) is 30.7 Å². The number of carbonyl (C=O) groups excluding carboxylic acids is 1. The van der Waals surface area contributed by atoms with Crippen LogP contribution in [-0.4, -0.2) is 10.5 Å². The number of nitrogens with zero attached hydrogens (tertiary/aromatic N) is 1. The molecule has 0 N–H and O–H groups in total. The van der Waals surface area contributed by atoms with E-state index in [-0.39, 0.29) is 5.91 Å². The van der Waals surface area contributed by atoms with Crippen LogP contribution in [-0.2, 0) is 0 Å². The molecule has 0 saturated heterocycles. The summed E-state index contributed by atoms with van der Waals surface area (Å²) >= 11 is 0. The van der Waals surface area contributed by atoms with E-state index in [9.17, 15) is 4.79 Å². The van der Waals surface area contributed by atoms with Crippen LogP contribution in [0.15, 0.2) is 48.8 Å². The van der Waals surface area contributed by atoms with Gasteiger partial charge in [0.2, 0.25) is 0 Å². The van der Waals surface area contributed by atoms with Gasteiger partial charge >= 0.3 is 0 Å². The predicted octanol–water partition coefficient (Wildman–Crippen LogP) is 2.49. The zero-order valence-electron chi connectivity index (χ0n) is 7.97. The lowest BCUT2D eigenvalue weighted by molar-refractivity contribution is 0.0960. The SMILES string of the molecule is Cc1ccn(C(=O)c2ccccc2)c1. The van der Waals surface area contributed by atoms with Crippen molar-refractivity contribution in [2.75, 3.05) is 0 Å². The molecule has 0 amide bonds. The highest BCUT2D eigenvalue weighted by atomic mass is 16.2. The molecule has 0 aliphatic heterocycles. The first-order chi connectivity index (χ1) is 6.77. The second-order valence-corrected chi connectivity index (χ2v) is 3.27. The highest BCUT2D eigenvalue weighted by Gasteiger charge is 2.05. The van der Waals surface area contributed by atoms with Crippen molar-refractivity contribution in [1.82, 2.24) is 4.57 Å². The minimum atomic E-state index is 0.0127. The zero-order chi connectivity index (χ0) is 9.97. The minimum absolute atomic E-state index is 0.0127. The lowest BCUT2D eigenvalue weighted by Gasteiger charge is -2.00. The third-order valence-electron chi connectivity index (χ3n) is 2.10. The molecule has 0 radical (unpaired) electrons. The van der Waals surface area contributed by atoms with Crippen molar-refractivity contribution >= 4 is 5.91 Å². The molecule has 2 rings (SSSR count). The van der Waals surface area contributed by atoms with Crippen LogP contribution >= 0.6 is 0 Å². The van der Waals surface area contributed by atoms with E-state index in [4.69, 9.17) is 0 Å². The molecule has 0 unspecified atom stereocenters. The summed E-state index contributed by atoms with van der Waals surface area (Å²) in [4.78, 5) is 11.8. The molecule has 70 valence electrons. The van der Waals surface area contributed by atoms with E-state index in [0.29, 0.717) is 5.56 Å². The van der Waals surface area contributed by atoms with E-state index in [0.717, 1.165) is 5.56 Å². The lowest BCUT2D eigenvalue weighted by atomic mass is 10.2. The summed E-state index contributed by atoms with van der Waals surface area (Å²) in [5.41, 5.74) is 1.80. The number of aromatic nitrogens is 1. The highest BCUT2D eigenvalue weighted by molar-refractivity contribution is 5.95. The molecule has 14 heavy (non-hydrogen) atoms. The lowest BCUT2D eigenvalue weighted by Crippen LogP contribution is -2.08. The fourth-order valence-corrected chi connectivity index (χ4v) is 1.36. The van der Waals surface area contributed by atoms with Crippen molar-refractivity contribution < 1.29 is 4.79 Å². The van der Waals surface area contributed by atoms with Crippen LogP contribution in [0.1, 0.15) is 15.9 Å². The Balaban J connectivity index is 2.34. The number of benzene rings is 1. The Labute approximate surface area is 82.8 Å². The van der Waals surface area contributed by atoms with Gasteiger partial charge in [-0.25, -0.2) is 0 Å². The van der Waals surface area contributed by atoms with Crippen LogP contribution in [0.2, 0.25) is 0 Å². The molecule has 0 aliphatic carbocycles. The number of hydrogen-bond acceptors (Lipinski definition) is 1. The van der Waals surface area contributed by atoms with Gasteiger partial charge in [0.25, 0.3) is 5.91 Å². The third-order valence-corrected chi connectivity index (χ3v) is 2.10. The van der Waals surface area contributed by atoms with E-state index < -0.39 is 0 Å². The van der Waals surface area contributed by atoms with Gasteiger partial charge in [0.1, 0.15) is 0 Å². The molecule has 0 aliphatic rings. The third kappa shape index (κ3) is 1.59. The average molecular weight is 185 g/mol. The summed E-state index contributed by atoms with van der Waals surface area (Å²) in [6.45, 7) is 1.97. The van der Waals surface area contributed by atoms with Gasteiger partial charge in [-0.2, -0.15) is 0 Å². The first-order valence-corrected chi connectivity index (χ1v) is 4.52. The molecule has 0 bridgehead atoms. The molecule has 0 spiro atoms. The van der Waals surface area contributed by atoms with Crippen molar-refractivity contribution in [3.63, 3.8) is 0 Å². The molecule has 1 heterocycles. The quantitative estimate of drug-likeness (QED) is 0.669. The Morgan fingerprint density at radius 2 is 1.86 bits per heavy atom. The van der Waals surface area contributed by atoms with Crippen LogP contribution in [0.3, 0.4) is 0 Å². The normalized spacial score (nSPS) is 10.1. The maximum absolute atomic E-state index is 11.8. The fraction of sp³-hybridized carbons (Fsp3) is 0.0833. The molecule has 2 heteroatoms. The molecule has 2 aromatic rings. The van der Waals surface area contributed by atoms with Crippen molar-refractivity contribution in [1.29, 1.82) is 0 Å². The smallest absolute Gasteiger partial charge is 0.261 e. The van der Waals surface area contributed by atoms with Crippen LogP contribution in [0.4, 0.5) is 0 Å². The second kappa shape index (κ2) is 3.50. The first-order valence-electron chi connectivity index (χ1n) is 4.52. The Kier molecular flexibility index (Phi) is 2.19. The summed E-state index contributed by atoms with van der Waals surface area (Å²) in [6.07, 6.45) is 3.61. The Morgan fingerprint density at radius 1 is 1.14 bits per heavy atom. The number of carbonyl (C=O) groups is 1. The van der Waals surface area contributed by atoms with Gasteiger partial charge in [-0.15, -0.1) is 0 Å². The Bertz CT molecular complexity index is 442. The van der Waals surface area contributed by atoms with Crippen LogP contribution in [0.25, 0.3) is 0 Å². The fourth-order valence-electron chi connectivity index (χ4n) is 1.36. The Hall–Kier alpha value is -1.83. The van der Waals surface area contributed by atoms with E-state index in [1.54, 1.807) is 10.8 Å². The first kappa shape index (κ1) is 8.75. The maximum Gasteiger partial charge on any atom is 0.261 e. The minimum Gasteiger partial charge on any atom is -0.290 e. The van der Waals surface area contributed by atoms with Gasteiger partial charge in [-0.3, -0.25) is 9.36 Å². The predicted molar refractivity (Wildman–Crippen MR) is 55.3 cm³/mol. The monoisotopic (exact) mass is 185 g/mol. The molecule has 0 fully saturated rings. The standard InChI is InChI=1S/C12H11NO/c1-10-7-8-13(9-10)12(14)11-5-3-2-4-6-11/h2-9H,1H3.